The Balaban J connectivity index is 0.00000320. The van der Waals surface area contributed by atoms with Crippen molar-refractivity contribution in [3.8, 4) is 11.5 Å². The van der Waals surface area contributed by atoms with Crippen molar-refractivity contribution in [3.63, 3.8) is 0 Å². The maximum atomic E-state index is 13.0. The van der Waals surface area contributed by atoms with Crippen molar-refractivity contribution in [3.05, 3.63) is 59.7 Å². The molecule has 0 radical (unpaired) electrons. The van der Waals surface area contributed by atoms with Gasteiger partial charge in [-0.05, 0) is 73.2 Å². The number of rotatable bonds is 8. The summed E-state index contributed by atoms with van der Waals surface area (Å²) in [7, 11) is 3.30. The topological polar surface area (TPSA) is 59.6 Å². The average Bonchev–Trinajstić information content (AvgIpc) is 2.78. The van der Waals surface area contributed by atoms with Crippen LogP contribution in [0.15, 0.2) is 48.5 Å². The first-order valence-corrected chi connectivity index (χ1v) is 10.4. The smallest absolute Gasteiger partial charge is 0.221 e. The molecule has 164 valence electrons. The molecule has 0 bridgehead atoms. The van der Waals surface area contributed by atoms with Gasteiger partial charge in [0.15, 0.2) is 0 Å². The Bertz CT molecular complexity index is 761. The van der Waals surface area contributed by atoms with E-state index in [0.29, 0.717) is 18.3 Å². The third-order valence-electron chi connectivity index (χ3n) is 5.86. The zero-order valence-corrected chi connectivity index (χ0v) is 18.8. The Morgan fingerprint density at radius 3 is 2.07 bits per heavy atom. The lowest BCUT2D eigenvalue weighted by Crippen LogP contribution is -2.35. The van der Waals surface area contributed by atoms with Crippen LogP contribution in [0.25, 0.3) is 0 Å². The van der Waals surface area contributed by atoms with Crippen molar-refractivity contribution in [2.24, 2.45) is 11.8 Å². The molecule has 1 aliphatic rings. The van der Waals surface area contributed by atoms with Crippen LogP contribution in [0.1, 0.15) is 43.4 Å². The summed E-state index contributed by atoms with van der Waals surface area (Å²) in [5, 5.41) is 6.65. The minimum Gasteiger partial charge on any atom is -0.497 e. The van der Waals surface area contributed by atoms with Crippen LogP contribution in [-0.4, -0.2) is 33.2 Å². The van der Waals surface area contributed by atoms with E-state index in [0.717, 1.165) is 48.6 Å². The van der Waals surface area contributed by atoms with Crippen LogP contribution < -0.4 is 20.1 Å². The van der Waals surface area contributed by atoms with Gasteiger partial charge in [0.2, 0.25) is 5.91 Å². The summed E-state index contributed by atoms with van der Waals surface area (Å²) in [6.45, 7) is 4.29. The zero-order chi connectivity index (χ0) is 20.6. The number of hydrogen-bond acceptors (Lipinski definition) is 4. The molecule has 1 atom stereocenters. The summed E-state index contributed by atoms with van der Waals surface area (Å²) in [5.74, 6) is 2.59. The molecule has 2 aromatic rings. The maximum Gasteiger partial charge on any atom is 0.221 e. The quantitative estimate of drug-likeness (QED) is 0.650. The second-order valence-electron chi connectivity index (χ2n) is 7.82. The molecule has 0 aromatic heterocycles. The van der Waals surface area contributed by atoms with Gasteiger partial charge in [0, 0.05) is 6.42 Å². The monoisotopic (exact) mass is 432 g/mol. The third-order valence-corrected chi connectivity index (χ3v) is 5.86. The molecule has 0 spiro atoms. The van der Waals surface area contributed by atoms with Crippen LogP contribution in [-0.2, 0) is 4.79 Å². The van der Waals surface area contributed by atoms with Gasteiger partial charge in [0.05, 0.1) is 20.3 Å². The van der Waals surface area contributed by atoms with Gasteiger partial charge < -0.3 is 20.1 Å². The van der Waals surface area contributed by atoms with E-state index in [9.17, 15) is 4.79 Å². The summed E-state index contributed by atoms with van der Waals surface area (Å²) in [5.41, 5.74) is 1.97. The van der Waals surface area contributed by atoms with E-state index in [1.165, 1.54) is 0 Å². The molecule has 1 saturated heterocycles. The number of benzene rings is 2. The van der Waals surface area contributed by atoms with Gasteiger partial charge in [-0.25, -0.2) is 0 Å². The van der Waals surface area contributed by atoms with E-state index in [4.69, 9.17) is 9.47 Å². The Hall–Kier alpha value is -2.24. The molecule has 0 saturated carbocycles. The SMILES string of the molecule is COc1cccc(C(NC(=O)CC(C)C2CCNCC2)c2cccc(OC)c2)c1.Cl. The second kappa shape index (κ2) is 11.8. The van der Waals surface area contributed by atoms with Crippen LogP contribution in [0, 0.1) is 11.8 Å². The van der Waals surface area contributed by atoms with E-state index in [2.05, 4.69) is 17.6 Å². The van der Waals surface area contributed by atoms with Crippen LogP contribution in [0.5, 0.6) is 11.5 Å². The second-order valence-corrected chi connectivity index (χ2v) is 7.82. The standard InChI is InChI=1S/C24H32N2O3.ClH/c1-17(18-10-12-25-13-11-18)14-23(27)26-24(19-6-4-8-21(15-19)28-2)20-7-5-9-22(16-20)29-3;/h4-9,15-18,24-25H,10-14H2,1-3H3,(H,26,27);1H. The highest BCUT2D eigenvalue weighted by molar-refractivity contribution is 5.85. The average molecular weight is 433 g/mol. The maximum absolute atomic E-state index is 13.0. The summed E-state index contributed by atoms with van der Waals surface area (Å²) in [6, 6.07) is 15.4. The van der Waals surface area contributed by atoms with Crippen LogP contribution in [0.4, 0.5) is 0 Å². The summed E-state index contributed by atoms with van der Waals surface area (Å²) >= 11 is 0. The molecule has 2 N–H and O–H groups in total. The number of halogens is 1. The van der Waals surface area contributed by atoms with E-state index >= 15 is 0 Å². The molecule has 2 aromatic carbocycles. The van der Waals surface area contributed by atoms with Crippen LogP contribution in [0.3, 0.4) is 0 Å². The van der Waals surface area contributed by atoms with Crippen LogP contribution in [0.2, 0.25) is 0 Å². The Morgan fingerprint density at radius 1 is 1.03 bits per heavy atom. The number of nitrogens with one attached hydrogen (secondary N) is 2. The van der Waals surface area contributed by atoms with Gasteiger partial charge in [-0.3, -0.25) is 4.79 Å². The Kier molecular flexibility index (Phi) is 9.47. The lowest BCUT2D eigenvalue weighted by molar-refractivity contribution is -0.122. The molecular weight excluding hydrogens is 400 g/mol. The van der Waals surface area contributed by atoms with Gasteiger partial charge in [0.1, 0.15) is 11.5 Å². The van der Waals surface area contributed by atoms with E-state index in [1.807, 2.05) is 48.5 Å². The summed E-state index contributed by atoms with van der Waals surface area (Å²) in [6.07, 6.45) is 2.82. The van der Waals surface area contributed by atoms with E-state index in [1.54, 1.807) is 14.2 Å². The first-order chi connectivity index (χ1) is 14.1. The largest absolute Gasteiger partial charge is 0.497 e. The molecule has 30 heavy (non-hydrogen) atoms. The van der Waals surface area contributed by atoms with Crippen molar-refractivity contribution < 1.29 is 14.3 Å². The van der Waals surface area contributed by atoms with E-state index < -0.39 is 0 Å². The molecular formula is C24H33ClN2O3. The minimum absolute atomic E-state index is 0. The van der Waals surface area contributed by atoms with Crippen molar-refractivity contribution >= 4 is 18.3 Å². The number of amides is 1. The fraction of sp³-hybridized carbons (Fsp3) is 0.458. The third kappa shape index (κ3) is 6.38. The molecule has 0 aliphatic carbocycles. The van der Waals surface area contributed by atoms with Crippen molar-refractivity contribution in [2.75, 3.05) is 27.3 Å². The van der Waals surface area contributed by atoms with Gasteiger partial charge in [-0.15, -0.1) is 12.4 Å². The lowest BCUT2D eigenvalue weighted by atomic mass is 9.84. The first kappa shape index (κ1) is 24.0. The highest BCUT2D eigenvalue weighted by Gasteiger charge is 2.24. The Labute approximate surface area is 186 Å². The number of carbonyl (C=O) groups is 1. The molecule has 1 fully saturated rings. The fourth-order valence-corrected chi connectivity index (χ4v) is 4.09. The molecule has 1 unspecified atom stereocenters. The van der Waals surface area contributed by atoms with Crippen LogP contribution >= 0.6 is 12.4 Å². The molecule has 1 aliphatic heterocycles. The van der Waals surface area contributed by atoms with Gasteiger partial charge in [-0.1, -0.05) is 31.2 Å². The summed E-state index contributed by atoms with van der Waals surface area (Å²) in [4.78, 5) is 13.0. The first-order valence-electron chi connectivity index (χ1n) is 10.4. The Morgan fingerprint density at radius 2 is 1.57 bits per heavy atom. The minimum atomic E-state index is -0.257. The number of piperidine rings is 1. The molecule has 6 heteroatoms. The van der Waals surface area contributed by atoms with Gasteiger partial charge >= 0.3 is 0 Å². The van der Waals surface area contributed by atoms with Crippen molar-refractivity contribution in [1.82, 2.24) is 10.6 Å². The van der Waals surface area contributed by atoms with E-state index in [-0.39, 0.29) is 24.4 Å². The number of carbonyl (C=O) groups excluding carboxylic acids is 1. The number of hydrogen-bond donors (Lipinski definition) is 2. The number of methoxy groups -OCH3 is 2. The molecule has 1 heterocycles. The molecule has 5 nitrogen and oxygen atoms in total. The van der Waals surface area contributed by atoms with Crippen molar-refractivity contribution in [1.29, 1.82) is 0 Å². The fourth-order valence-electron chi connectivity index (χ4n) is 4.09. The lowest BCUT2D eigenvalue weighted by Gasteiger charge is -2.28. The van der Waals surface area contributed by atoms with Crippen molar-refractivity contribution in [2.45, 2.75) is 32.2 Å². The highest BCUT2D eigenvalue weighted by Crippen LogP contribution is 2.29. The molecule has 3 rings (SSSR count). The predicted molar refractivity (Wildman–Crippen MR) is 123 cm³/mol. The normalized spacial score (nSPS) is 15.2. The van der Waals surface area contributed by atoms with Gasteiger partial charge in [0.25, 0.3) is 0 Å². The summed E-state index contributed by atoms with van der Waals surface area (Å²) < 4.78 is 10.8. The zero-order valence-electron chi connectivity index (χ0n) is 18.0. The number of ether oxygens (including phenoxy) is 2. The molecule has 1 amide bonds. The highest BCUT2D eigenvalue weighted by atomic mass is 35.5. The predicted octanol–water partition coefficient (Wildman–Crippen LogP) is 4.36. The van der Waals surface area contributed by atoms with Gasteiger partial charge in [-0.2, -0.15) is 0 Å².